The first kappa shape index (κ1) is 19.9. The fraction of sp³-hybridized carbons (Fsp3) is 0.391. The number of ether oxygens (including phenoxy) is 1. The number of amides is 1. The number of nitrogens with zero attached hydrogens (tertiary/aromatic N) is 1. The zero-order valence-corrected chi connectivity index (χ0v) is 16.7. The Morgan fingerprint density at radius 3 is 2.43 bits per heavy atom. The SMILES string of the molecule is CCCN(C(=O)CNc1ccc(C(=O)OC)c2c1CCCC2)c1ccccc1. The van der Waals surface area contributed by atoms with Gasteiger partial charge in [-0.3, -0.25) is 4.79 Å². The summed E-state index contributed by atoms with van der Waals surface area (Å²) >= 11 is 0. The molecule has 0 aliphatic heterocycles. The lowest BCUT2D eigenvalue weighted by atomic mass is 9.87. The molecule has 2 aromatic rings. The zero-order valence-electron chi connectivity index (χ0n) is 16.7. The third kappa shape index (κ3) is 4.35. The van der Waals surface area contributed by atoms with Crippen LogP contribution in [0.3, 0.4) is 0 Å². The predicted octanol–water partition coefficient (Wildman–Crippen LogP) is 4.21. The van der Waals surface area contributed by atoms with Crippen molar-refractivity contribution in [1.82, 2.24) is 0 Å². The maximum absolute atomic E-state index is 12.9. The van der Waals surface area contributed by atoms with Gasteiger partial charge in [-0.2, -0.15) is 0 Å². The minimum absolute atomic E-state index is 0.0367. The van der Waals surface area contributed by atoms with Crippen LogP contribution in [0.5, 0.6) is 0 Å². The molecule has 0 spiro atoms. The van der Waals surface area contributed by atoms with E-state index in [1.807, 2.05) is 47.4 Å². The lowest BCUT2D eigenvalue weighted by Crippen LogP contribution is -2.36. The van der Waals surface area contributed by atoms with E-state index in [1.54, 1.807) is 0 Å². The Morgan fingerprint density at radius 1 is 1.04 bits per heavy atom. The minimum Gasteiger partial charge on any atom is -0.465 e. The van der Waals surface area contributed by atoms with E-state index in [2.05, 4.69) is 12.2 Å². The van der Waals surface area contributed by atoms with Crippen molar-refractivity contribution in [3.63, 3.8) is 0 Å². The van der Waals surface area contributed by atoms with Crippen LogP contribution in [0.1, 0.15) is 47.7 Å². The second-order valence-electron chi connectivity index (χ2n) is 7.05. The van der Waals surface area contributed by atoms with Gasteiger partial charge < -0.3 is 15.0 Å². The molecule has 0 bridgehead atoms. The summed E-state index contributed by atoms with van der Waals surface area (Å²) in [6.45, 7) is 2.97. The first-order chi connectivity index (χ1) is 13.7. The van der Waals surface area contributed by atoms with Crippen molar-refractivity contribution >= 4 is 23.3 Å². The molecule has 0 heterocycles. The number of benzene rings is 2. The van der Waals surface area contributed by atoms with Crippen molar-refractivity contribution in [2.24, 2.45) is 0 Å². The van der Waals surface area contributed by atoms with Crippen LogP contribution < -0.4 is 10.2 Å². The number of esters is 1. The van der Waals surface area contributed by atoms with Crippen LogP contribution in [0.15, 0.2) is 42.5 Å². The van der Waals surface area contributed by atoms with Crippen LogP contribution in [0.4, 0.5) is 11.4 Å². The average molecular weight is 380 g/mol. The quantitative estimate of drug-likeness (QED) is 0.731. The Kier molecular flexibility index (Phi) is 6.69. The van der Waals surface area contributed by atoms with E-state index in [9.17, 15) is 9.59 Å². The Hall–Kier alpha value is -2.82. The summed E-state index contributed by atoms with van der Waals surface area (Å²) in [4.78, 5) is 26.8. The summed E-state index contributed by atoms with van der Waals surface area (Å²) in [5.41, 5.74) is 4.71. The van der Waals surface area contributed by atoms with Crippen LogP contribution in [-0.2, 0) is 22.4 Å². The highest BCUT2D eigenvalue weighted by Gasteiger charge is 2.22. The Morgan fingerprint density at radius 2 is 1.75 bits per heavy atom. The van der Waals surface area contributed by atoms with Gasteiger partial charge in [0.2, 0.25) is 5.91 Å². The predicted molar refractivity (Wildman–Crippen MR) is 112 cm³/mol. The zero-order chi connectivity index (χ0) is 19.9. The van der Waals surface area contributed by atoms with Gasteiger partial charge >= 0.3 is 5.97 Å². The van der Waals surface area contributed by atoms with Crippen LogP contribution in [0.25, 0.3) is 0 Å². The molecule has 0 fully saturated rings. The van der Waals surface area contributed by atoms with E-state index in [1.165, 1.54) is 7.11 Å². The summed E-state index contributed by atoms with van der Waals surface area (Å²) < 4.78 is 4.93. The van der Waals surface area contributed by atoms with Crippen molar-refractivity contribution in [3.05, 3.63) is 59.2 Å². The topological polar surface area (TPSA) is 58.6 Å². The molecule has 0 unspecified atom stereocenters. The summed E-state index contributed by atoms with van der Waals surface area (Å²) in [6.07, 6.45) is 4.83. The van der Waals surface area contributed by atoms with Crippen molar-refractivity contribution < 1.29 is 14.3 Å². The molecule has 5 nitrogen and oxygen atoms in total. The average Bonchev–Trinajstić information content (AvgIpc) is 2.75. The highest BCUT2D eigenvalue weighted by atomic mass is 16.5. The highest BCUT2D eigenvalue weighted by Crippen LogP contribution is 2.31. The molecule has 28 heavy (non-hydrogen) atoms. The third-order valence-corrected chi connectivity index (χ3v) is 5.19. The maximum atomic E-state index is 12.9. The van der Waals surface area contributed by atoms with Crippen LogP contribution in [-0.4, -0.2) is 32.1 Å². The summed E-state index contributed by atoms with van der Waals surface area (Å²) in [7, 11) is 1.41. The van der Waals surface area contributed by atoms with Gasteiger partial charge in [0.1, 0.15) is 0 Å². The summed E-state index contributed by atoms with van der Waals surface area (Å²) in [5.74, 6) is -0.256. The van der Waals surface area contributed by atoms with E-state index in [4.69, 9.17) is 4.74 Å². The number of carbonyl (C=O) groups excluding carboxylic acids is 2. The second-order valence-corrected chi connectivity index (χ2v) is 7.05. The van der Waals surface area contributed by atoms with Crippen LogP contribution in [0, 0.1) is 0 Å². The number of hydrogen-bond acceptors (Lipinski definition) is 4. The summed E-state index contributed by atoms with van der Waals surface area (Å²) in [6, 6.07) is 13.5. The first-order valence-corrected chi connectivity index (χ1v) is 9.98. The van der Waals surface area contributed by atoms with Gasteiger partial charge in [-0.15, -0.1) is 0 Å². The molecule has 2 aromatic carbocycles. The van der Waals surface area contributed by atoms with Crippen molar-refractivity contribution in [3.8, 4) is 0 Å². The molecule has 5 heteroatoms. The molecule has 1 N–H and O–H groups in total. The smallest absolute Gasteiger partial charge is 0.338 e. The lowest BCUT2D eigenvalue weighted by molar-refractivity contribution is -0.117. The van der Waals surface area contributed by atoms with Crippen molar-refractivity contribution in [2.45, 2.75) is 39.0 Å². The van der Waals surface area contributed by atoms with Crippen LogP contribution >= 0.6 is 0 Å². The molecule has 148 valence electrons. The van der Waals surface area contributed by atoms with E-state index in [0.717, 1.165) is 54.6 Å². The number of para-hydroxylation sites is 1. The highest BCUT2D eigenvalue weighted by molar-refractivity contribution is 5.96. The number of methoxy groups -OCH3 is 1. The molecule has 0 radical (unpaired) electrons. The largest absolute Gasteiger partial charge is 0.465 e. The molecule has 1 amide bonds. The van der Waals surface area contributed by atoms with Crippen molar-refractivity contribution in [1.29, 1.82) is 0 Å². The molecule has 1 aliphatic carbocycles. The molecular weight excluding hydrogens is 352 g/mol. The normalized spacial score (nSPS) is 12.8. The van der Waals surface area contributed by atoms with Crippen LogP contribution in [0.2, 0.25) is 0 Å². The molecule has 0 saturated heterocycles. The number of fused-ring (bicyclic) bond motifs is 1. The maximum Gasteiger partial charge on any atom is 0.338 e. The molecule has 0 saturated carbocycles. The number of carbonyl (C=O) groups is 2. The van der Waals surface area contributed by atoms with E-state index >= 15 is 0 Å². The van der Waals surface area contributed by atoms with Gasteiger partial charge in [0.05, 0.1) is 19.2 Å². The van der Waals surface area contributed by atoms with Gasteiger partial charge in [-0.25, -0.2) is 4.79 Å². The Balaban J connectivity index is 1.78. The molecule has 0 atom stereocenters. The fourth-order valence-corrected chi connectivity index (χ4v) is 3.83. The van der Waals surface area contributed by atoms with Gasteiger partial charge in [-0.05, 0) is 67.5 Å². The van der Waals surface area contributed by atoms with E-state index in [-0.39, 0.29) is 18.4 Å². The first-order valence-electron chi connectivity index (χ1n) is 9.98. The summed E-state index contributed by atoms with van der Waals surface area (Å²) in [5, 5.41) is 3.32. The number of hydrogen-bond donors (Lipinski definition) is 1. The monoisotopic (exact) mass is 380 g/mol. The lowest BCUT2D eigenvalue weighted by Gasteiger charge is -2.25. The number of rotatable bonds is 7. The van der Waals surface area contributed by atoms with Gasteiger partial charge in [0.25, 0.3) is 0 Å². The molecule has 0 aromatic heterocycles. The Bertz CT molecular complexity index is 833. The third-order valence-electron chi connectivity index (χ3n) is 5.19. The molecular formula is C23H28N2O3. The van der Waals surface area contributed by atoms with Gasteiger partial charge in [0, 0.05) is 17.9 Å². The van der Waals surface area contributed by atoms with Gasteiger partial charge in [0.15, 0.2) is 0 Å². The second kappa shape index (κ2) is 9.40. The van der Waals surface area contributed by atoms with Gasteiger partial charge in [-0.1, -0.05) is 25.1 Å². The fourth-order valence-electron chi connectivity index (χ4n) is 3.83. The Labute approximate surface area is 166 Å². The van der Waals surface area contributed by atoms with E-state index in [0.29, 0.717) is 12.1 Å². The standard InChI is InChI=1S/C23H28N2O3/c1-3-15-25(17-9-5-4-6-10-17)22(26)16-24-21-14-13-20(23(27)28-2)18-11-7-8-12-19(18)21/h4-6,9-10,13-14,24H,3,7-8,11-12,15-16H2,1-2H3. The molecule has 3 rings (SSSR count). The number of anilines is 2. The molecule has 1 aliphatic rings. The van der Waals surface area contributed by atoms with E-state index < -0.39 is 0 Å². The number of nitrogens with one attached hydrogen (secondary N) is 1. The minimum atomic E-state index is -0.293. The van der Waals surface area contributed by atoms with Crippen molar-refractivity contribution in [2.75, 3.05) is 30.4 Å².